The minimum absolute atomic E-state index is 0.0171. The number of esters is 1. The molecule has 0 spiro atoms. The first-order valence-electron chi connectivity index (χ1n) is 11.2. The zero-order valence-corrected chi connectivity index (χ0v) is 21.7. The fourth-order valence-electron chi connectivity index (χ4n) is 3.13. The molecule has 17 heteroatoms. The van der Waals surface area contributed by atoms with Gasteiger partial charge in [0, 0.05) is 17.5 Å². The van der Waals surface area contributed by atoms with Crippen LogP contribution in [0.15, 0.2) is 34.8 Å². The summed E-state index contributed by atoms with van der Waals surface area (Å²) in [5.41, 5.74) is 3.99. The average molecular weight is 565 g/mol. The van der Waals surface area contributed by atoms with Crippen molar-refractivity contribution in [3.63, 3.8) is 0 Å². The third-order valence-corrected chi connectivity index (χ3v) is 5.98. The standard InChI is InChI=1S/C22H24N6O10S/c1-11-16(19(32)27(11)37-9-15(29)30)25-18(31)17(14-10-39-21(23)24-14)26-38-22(2,3)20(33)36-8-12-4-6-13(7-5-12)28(34)35/h4-7,10-11,16H,8-9H2,1-3H3,(H2,23,24)(H,25,31)(H,29,30)/b26-17-/t11-,16-/m0/s1. The van der Waals surface area contributed by atoms with E-state index in [1.165, 1.54) is 50.4 Å². The number of carboxylic acids is 1. The topological polar surface area (TPSA) is 226 Å². The number of nitrogens with one attached hydrogen (secondary N) is 1. The summed E-state index contributed by atoms with van der Waals surface area (Å²) in [6, 6.07) is 3.67. The molecule has 208 valence electrons. The number of hydrogen-bond acceptors (Lipinski definition) is 13. The molecule has 2 atom stereocenters. The molecule has 1 aromatic carbocycles. The number of hydrogen-bond donors (Lipinski definition) is 3. The van der Waals surface area contributed by atoms with Gasteiger partial charge in [0.1, 0.15) is 18.3 Å². The van der Waals surface area contributed by atoms with E-state index in [2.05, 4.69) is 15.5 Å². The number of carbonyl (C=O) groups is 4. The number of aromatic nitrogens is 1. The Labute approximate surface area is 224 Å². The number of oxime groups is 1. The summed E-state index contributed by atoms with van der Waals surface area (Å²) in [6.07, 6.45) is 0. The van der Waals surface area contributed by atoms with Gasteiger partial charge in [-0.05, 0) is 38.5 Å². The number of β-lactam (4-membered cyclic amide) rings is 1. The van der Waals surface area contributed by atoms with E-state index < -0.39 is 53.0 Å². The highest BCUT2D eigenvalue weighted by Gasteiger charge is 2.47. The predicted molar refractivity (Wildman–Crippen MR) is 133 cm³/mol. The van der Waals surface area contributed by atoms with Crippen molar-refractivity contribution in [1.82, 2.24) is 15.4 Å². The van der Waals surface area contributed by atoms with Gasteiger partial charge in [0.15, 0.2) is 17.5 Å². The third kappa shape index (κ3) is 7.02. The molecule has 3 rings (SSSR count). The van der Waals surface area contributed by atoms with Crippen molar-refractivity contribution in [3.05, 3.63) is 51.0 Å². The van der Waals surface area contributed by atoms with Crippen molar-refractivity contribution >= 4 is 51.6 Å². The molecule has 1 fully saturated rings. The Kier molecular flexibility index (Phi) is 8.77. The summed E-state index contributed by atoms with van der Waals surface area (Å²) in [5.74, 6) is -3.68. The van der Waals surface area contributed by atoms with Gasteiger partial charge in [-0.15, -0.1) is 11.3 Å². The molecule has 1 aromatic heterocycles. The molecule has 4 N–H and O–H groups in total. The molecule has 0 bridgehead atoms. The number of carboxylic acid groups (broad SMARTS) is 1. The molecule has 1 aliphatic rings. The minimum atomic E-state index is -1.69. The van der Waals surface area contributed by atoms with Crippen molar-refractivity contribution in [1.29, 1.82) is 0 Å². The van der Waals surface area contributed by atoms with Gasteiger partial charge in [-0.2, -0.15) is 0 Å². The van der Waals surface area contributed by atoms with Crippen LogP contribution in [0.2, 0.25) is 0 Å². The Balaban J connectivity index is 1.68. The second-order valence-corrected chi connectivity index (χ2v) is 9.52. The molecule has 2 aromatic rings. The normalized spacial score (nSPS) is 17.3. The molecular weight excluding hydrogens is 540 g/mol. The van der Waals surface area contributed by atoms with Gasteiger partial charge in [-0.25, -0.2) is 19.6 Å². The van der Waals surface area contributed by atoms with Crippen LogP contribution >= 0.6 is 11.3 Å². The van der Waals surface area contributed by atoms with Crippen LogP contribution in [-0.2, 0) is 40.2 Å². The van der Waals surface area contributed by atoms with Gasteiger partial charge >= 0.3 is 11.9 Å². The van der Waals surface area contributed by atoms with E-state index >= 15 is 0 Å². The maximum Gasteiger partial charge on any atom is 0.353 e. The predicted octanol–water partition coefficient (Wildman–Crippen LogP) is 0.608. The molecule has 1 aliphatic heterocycles. The Hall–Kier alpha value is -4.64. The number of nitrogens with zero attached hydrogens (tertiary/aromatic N) is 4. The summed E-state index contributed by atoms with van der Waals surface area (Å²) in [4.78, 5) is 73.1. The summed E-state index contributed by atoms with van der Waals surface area (Å²) < 4.78 is 5.22. The number of anilines is 1. The van der Waals surface area contributed by atoms with Gasteiger partial charge in [0.05, 0.1) is 11.0 Å². The molecule has 39 heavy (non-hydrogen) atoms. The number of nitro benzene ring substituents is 1. The van der Waals surface area contributed by atoms with Crippen molar-refractivity contribution in [2.75, 3.05) is 12.3 Å². The number of carbonyl (C=O) groups excluding carboxylic acids is 3. The maximum absolute atomic E-state index is 13.0. The van der Waals surface area contributed by atoms with Crippen LogP contribution in [0, 0.1) is 10.1 Å². The summed E-state index contributed by atoms with van der Waals surface area (Å²) in [7, 11) is 0. The Bertz CT molecular complexity index is 1310. The number of ether oxygens (including phenoxy) is 1. The second-order valence-electron chi connectivity index (χ2n) is 8.64. The molecule has 1 saturated heterocycles. The van der Waals surface area contributed by atoms with Crippen LogP contribution in [0.1, 0.15) is 32.0 Å². The lowest BCUT2D eigenvalue weighted by Gasteiger charge is -2.43. The number of nitrogen functional groups attached to an aromatic ring is 1. The van der Waals surface area contributed by atoms with Crippen molar-refractivity contribution in [2.24, 2.45) is 5.16 Å². The lowest BCUT2D eigenvalue weighted by Crippen LogP contribution is -2.70. The molecule has 16 nitrogen and oxygen atoms in total. The van der Waals surface area contributed by atoms with E-state index in [1.54, 1.807) is 0 Å². The lowest BCUT2D eigenvalue weighted by molar-refractivity contribution is -0.384. The fourth-order valence-corrected chi connectivity index (χ4v) is 3.68. The molecular formula is C22H24N6O10S. The lowest BCUT2D eigenvalue weighted by atomic mass is 10.00. The van der Waals surface area contributed by atoms with Gasteiger partial charge in [-0.1, -0.05) is 5.16 Å². The Morgan fingerprint density at radius 3 is 2.51 bits per heavy atom. The molecule has 0 unspecified atom stereocenters. The number of nitro groups is 1. The SMILES string of the molecule is C[C@H]1[C@H](NC(=O)/C(=N\OC(C)(C)C(=O)OCc2ccc([N+](=O)[O-])cc2)c2csc(N)n2)C(=O)N1OCC(=O)O. The number of non-ortho nitro benzene ring substituents is 1. The van der Waals surface area contributed by atoms with E-state index in [1.807, 2.05) is 0 Å². The first-order valence-corrected chi connectivity index (χ1v) is 12.0. The largest absolute Gasteiger partial charge is 0.479 e. The smallest absolute Gasteiger partial charge is 0.353 e. The van der Waals surface area contributed by atoms with Crippen molar-refractivity contribution < 1.29 is 43.6 Å². The van der Waals surface area contributed by atoms with E-state index in [0.29, 0.717) is 5.56 Å². The molecule has 0 radical (unpaired) electrons. The van der Waals surface area contributed by atoms with E-state index in [4.69, 9.17) is 25.3 Å². The molecule has 2 heterocycles. The van der Waals surface area contributed by atoms with Gasteiger partial charge in [0.25, 0.3) is 17.5 Å². The number of amides is 2. The third-order valence-electron chi connectivity index (χ3n) is 5.30. The first-order chi connectivity index (χ1) is 18.3. The minimum Gasteiger partial charge on any atom is -0.479 e. The maximum atomic E-state index is 13.0. The van der Waals surface area contributed by atoms with Crippen LogP contribution in [0.4, 0.5) is 10.8 Å². The highest BCUT2D eigenvalue weighted by atomic mass is 32.1. The van der Waals surface area contributed by atoms with E-state index in [-0.39, 0.29) is 28.8 Å². The molecule has 0 aliphatic carbocycles. The number of nitrogens with two attached hydrogens (primary N) is 1. The fraction of sp³-hybridized carbons (Fsp3) is 0.364. The number of hydroxylamine groups is 2. The summed E-state index contributed by atoms with van der Waals surface area (Å²) >= 11 is 1.01. The molecule has 0 saturated carbocycles. The number of thiazole rings is 1. The van der Waals surface area contributed by atoms with Crippen molar-refractivity contribution in [3.8, 4) is 0 Å². The monoisotopic (exact) mass is 564 g/mol. The van der Waals surface area contributed by atoms with Crippen LogP contribution < -0.4 is 11.1 Å². The number of rotatable bonds is 12. The molecule has 2 amide bonds. The average Bonchev–Trinajstić information content (AvgIpc) is 3.31. The van der Waals surface area contributed by atoms with Crippen LogP contribution in [0.3, 0.4) is 0 Å². The van der Waals surface area contributed by atoms with Crippen LogP contribution in [0.5, 0.6) is 0 Å². The number of aliphatic carboxylic acids is 1. The van der Waals surface area contributed by atoms with Crippen LogP contribution in [0.25, 0.3) is 0 Å². The van der Waals surface area contributed by atoms with Gasteiger partial charge in [-0.3, -0.25) is 24.5 Å². The van der Waals surface area contributed by atoms with E-state index in [9.17, 15) is 29.3 Å². The quantitative estimate of drug-likeness (QED) is 0.106. The van der Waals surface area contributed by atoms with E-state index in [0.717, 1.165) is 16.4 Å². The highest BCUT2D eigenvalue weighted by Crippen LogP contribution is 2.22. The van der Waals surface area contributed by atoms with Crippen molar-refractivity contribution in [2.45, 2.75) is 45.1 Å². The second kappa shape index (κ2) is 11.8. The van der Waals surface area contributed by atoms with Gasteiger partial charge in [0.2, 0.25) is 5.60 Å². The summed E-state index contributed by atoms with van der Waals surface area (Å²) in [5, 5.41) is 28.1. The summed E-state index contributed by atoms with van der Waals surface area (Å²) in [6.45, 7) is 3.28. The zero-order valence-electron chi connectivity index (χ0n) is 20.9. The first kappa shape index (κ1) is 28.9. The Morgan fingerprint density at radius 1 is 1.31 bits per heavy atom. The number of benzene rings is 1. The Morgan fingerprint density at radius 2 is 1.97 bits per heavy atom. The zero-order chi connectivity index (χ0) is 28.9. The van der Waals surface area contributed by atoms with Crippen LogP contribution in [-0.4, -0.2) is 73.8 Å². The highest BCUT2D eigenvalue weighted by molar-refractivity contribution is 7.13. The van der Waals surface area contributed by atoms with Gasteiger partial charge < -0.3 is 25.7 Å².